The summed E-state index contributed by atoms with van der Waals surface area (Å²) in [5.41, 5.74) is 1.80. The highest BCUT2D eigenvalue weighted by molar-refractivity contribution is 6.30. The summed E-state index contributed by atoms with van der Waals surface area (Å²) in [6, 6.07) is 14.9. The van der Waals surface area contributed by atoms with Gasteiger partial charge in [-0.1, -0.05) is 94.7 Å². The van der Waals surface area contributed by atoms with Crippen LogP contribution >= 0.6 is 0 Å². The summed E-state index contributed by atoms with van der Waals surface area (Å²) >= 11 is 0. The van der Waals surface area contributed by atoms with Crippen LogP contribution in [0, 0.1) is 0 Å². The summed E-state index contributed by atoms with van der Waals surface area (Å²) < 4.78 is 12.2. The number of nitrogens with one attached hydrogen (secondary N) is 1. The summed E-state index contributed by atoms with van der Waals surface area (Å²) in [5.74, 6) is -3.19. The first-order chi connectivity index (χ1) is 23.2. The second-order valence-corrected chi connectivity index (χ2v) is 12.0. The highest BCUT2D eigenvalue weighted by atomic mass is 16.5. The van der Waals surface area contributed by atoms with Gasteiger partial charge in [0.05, 0.1) is 17.7 Å². The third-order valence-electron chi connectivity index (χ3n) is 8.37. The molecule has 1 aliphatic rings. The Bertz CT molecular complexity index is 1610. The number of amides is 1. The summed E-state index contributed by atoms with van der Waals surface area (Å²) in [5, 5.41) is 20.5. The van der Waals surface area contributed by atoms with Crippen molar-refractivity contribution >= 4 is 29.4 Å². The third kappa shape index (κ3) is 9.53. The van der Waals surface area contributed by atoms with Crippen molar-refractivity contribution in [3.05, 3.63) is 94.0 Å². The van der Waals surface area contributed by atoms with Crippen molar-refractivity contribution in [3.8, 4) is 11.5 Å². The molecule has 0 saturated carbocycles. The van der Waals surface area contributed by atoms with E-state index in [1.54, 1.807) is 48.5 Å². The first-order valence-corrected chi connectivity index (χ1v) is 16.7. The fourth-order valence-electron chi connectivity index (χ4n) is 5.68. The zero-order chi connectivity index (χ0) is 34.5. The zero-order valence-corrected chi connectivity index (χ0v) is 27.3. The summed E-state index contributed by atoms with van der Waals surface area (Å²) in [6.07, 6.45) is 9.89. The fraction of sp³-hybridized carbons (Fsp3) is 0.395. The van der Waals surface area contributed by atoms with E-state index in [1.807, 2.05) is 0 Å². The molecule has 0 unspecified atom stereocenters. The van der Waals surface area contributed by atoms with E-state index in [9.17, 15) is 29.1 Å². The van der Waals surface area contributed by atoms with E-state index in [2.05, 4.69) is 12.2 Å². The van der Waals surface area contributed by atoms with Gasteiger partial charge in [-0.05, 0) is 42.7 Å². The number of benzene rings is 3. The van der Waals surface area contributed by atoms with Gasteiger partial charge in [0.25, 0.3) is 5.91 Å². The van der Waals surface area contributed by atoms with Crippen molar-refractivity contribution in [1.82, 2.24) is 5.32 Å². The normalized spacial score (nSPS) is 12.5. The molecule has 0 fully saturated rings. The van der Waals surface area contributed by atoms with E-state index in [-0.39, 0.29) is 47.0 Å². The zero-order valence-electron chi connectivity index (χ0n) is 27.3. The van der Waals surface area contributed by atoms with Crippen LogP contribution in [0.3, 0.4) is 0 Å². The maximum atomic E-state index is 13.7. The number of rotatable bonds is 20. The Morgan fingerprint density at radius 2 is 1.25 bits per heavy atom. The highest BCUT2D eigenvalue weighted by Gasteiger charge is 2.35. The molecule has 0 radical (unpaired) electrons. The molecule has 3 aromatic rings. The molecule has 1 atom stereocenters. The van der Waals surface area contributed by atoms with Crippen LogP contribution in [-0.2, 0) is 16.2 Å². The van der Waals surface area contributed by atoms with E-state index in [4.69, 9.17) is 14.6 Å². The van der Waals surface area contributed by atoms with Crippen LogP contribution in [-0.4, -0.2) is 52.3 Å². The topological polar surface area (TPSA) is 156 Å². The Morgan fingerprint density at radius 3 is 1.79 bits per heavy atom. The number of ether oxygens (including phenoxy) is 2. The van der Waals surface area contributed by atoms with Gasteiger partial charge < -0.3 is 25.0 Å². The van der Waals surface area contributed by atoms with E-state index in [1.165, 1.54) is 50.7 Å². The molecule has 0 saturated heterocycles. The molecule has 48 heavy (non-hydrogen) atoms. The van der Waals surface area contributed by atoms with Gasteiger partial charge in [-0.15, -0.1) is 0 Å². The number of carbonyl (C=O) groups excluding carboxylic acids is 3. The van der Waals surface area contributed by atoms with Crippen LogP contribution in [0.4, 0.5) is 0 Å². The van der Waals surface area contributed by atoms with Gasteiger partial charge >= 0.3 is 11.9 Å². The van der Waals surface area contributed by atoms with Crippen molar-refractivity contribution in [2.75, 3.05) is 6.61 Å². The second-order valence-electron chi connectivity index (χ2n) is 12.0. The number of ketones is 2. The second kappa shape index (κ2) is 17.8. The maximum absolute atomic E-state index is 13.7. The molecule has 254 valence electrons. The van der Waals surface area contributed by atoms with Crippen molar-refractivity contribution in [3.63, 3.8) is 0 Å². The minimum Gasteiger partial charge on any atom is -0.493 e. The Balaban J connectivity index is 1.42. The van der Waals surface area contributed by atoms with Crippen LogP contribution in [0.15, 0.2) is 60.7 Å². The average molecular weight is 658 g/mol. The van der Waals surface area contributed by atoms with E-state index in [0.29, 0.717) is 29.0 Å². The lowest BCUT2D eigenvalue weighted by Crippen LogP contribution is -2.41. The van der Waals surface area contributed by atoms with E-state index in [0.717, 1.165) is 19.3 Å². The Labute approximate surface area is 280 Å². The molecule has 0 spiro atoms. The minimum absolute atomic E-state index is 0.0203. The Kier molecular flexibility index (Phi) is 13.3. The predicted octanol–water partition coefficient (Wildman–Crippen LogP) is 7.00. The number of carboxylic acids is 2. The summed E-state index contributed by atoms with van der Waals surface area (Å²) in [4.78, 5) is 62.3. The van der Waals surface area contributed by atoms with E-state index >= 15 is 0 Å². The molecule has 3 N–H and O–H groups in total. The first-order valence-electron chi connectivity index (χ1n) is 16.7. The van der Waals surface area contributed by atoms with Crippen LogP contribution in [0.1, 0.15) is 125 Å². The number of carbonyl (C=O) groups is 5. The van der Waals surface area contributed by atoms with Gasteiger partial charge in [0, 0.05) is 23.1 Å². The Morgan fingerprint density at radius 1 is 0.708 bits per heavy atom. The first kappa shape index (κ1) is 35.9. The Hall–Kier alpha value is -4.99. The van der Waals surface area contributed by atoms with E-state index < -0.39 is 30.3 Å². The summed E-state index contributed by atoms with van der Waals surface area (Å²) in [7, 11) is 0. The lowest BCUT2D eigenvalue weighted by Gasteiger charge is -2.23. The van der Waals surface area contributed by atoms with Gasteiger partial charge in [0.1, 0.15) is 24.1 Å². The monoisotopic (exact) mass is 657 g/mol. The highest BCUT2D eigenvalue weighted by Crippen LogP contribution is 2.39. The van der Waals surface area contributed by atoms with Crippen LogP contribution < -0.4 is 14.8 Å². The molecule has 10 heteroatoms. The number of aliphatic carboxylic acids is 2. The van der Waals surface area contributed by atoms with Crippen molar-refractivity contribution in [2.45, 2.75) is 90.2 Å². The lowest BCUT2D eigenvalue weighted by atomic mass is 9.83. The predicted molar refractivity (Wildman–Crippen MR) is 179 cm³/mol. The quantitative estimate of drug-likeness (QED) is 0.0852. The molecule has 3 aromatic carbocycles. The fourth-order valence-corrected chi connectivity index (χ4v) is 5.68. The van der Waals surface area contributed by atoms with Gasteiger partial charge in [-0.2, -0.15) is 0 Å². The van der Waals surface area contributed by atoms with Crippen LogP contribution in [0.5, 0.6) is 11.5 Å². The van der Waals surface area contributed by atoms with Crippen molar-refractivity contribution < 1.29 is 43.7 Å². The molecule has 1 amide bonds. The molecule has 0 aromatic heterocycles. The van der Waals surface area contributed by atoms with Crippen LogP contribution in [0.25, 0.3) is 0 Å². The standard InChI is InChI=1S/C38H43NO9/c1-2-3-4-5-6-7-8-9-12-23-47-30-20-21-31(34-33(30)35(42)27-13-10-11-14-28(27)36(34)43)48-24-25-15-17-26(18-16-25)37(44)39-29(38(45)46)19-22-32(40)41/h10-11,13-18,20-21,29H,2-9,12,19,22-24H2,1H3,(H,39,44)(H,40,41)(H,45,46)/t29-/m0/s1. The molecule has 0 aliphatic heterocycles. The van der Waals surface area contributed by atoms with Gasteiger partial charge in [-0.3, -0.25) is 19.2 Å². The molecule has 1 aliphatic carbocycles. The molecular weight excluding hydrogens is 614 g/mol. The average Bonchev–Trinajstić information content (AvgIpc) is 3.08. The molecular formula is C38H43NO9. The van der Waals surface area contributed by atoms with Crippen molar-refractivity contribution in [2.24, 2.45) is 0 Å². The third-order valence-corrected chi connectivity index (χ3v) is 8.37. The molecule has 4 rings (SSSR count). The van der Waals surface area contributed by atoms with Gasteiger partial charge in [0.2, 0.25) is 0 Å². The lowest BCUT2D eigenvalue weighted by molar-refractivity contribution is -0.140. The molecule has 10 nitrogen and oxygen atoms in total. The smallest absolute Gasteiger partial charge is 0.326 e. The van der Waals surface area contributed by atoms with Crippen LogP contribution in [0.2, 0.25) is 0 Å². The number of fused-ring (bicyclic) bond motifs is 2. The SMILES string of the molecule is CCCCCCCCCCCOc1ccc(OCc2ccc(C(=O)N[C@@H](CCC(=O)O)C(=O)O)cc2)c2c1C(=O)c1ccccc1C2=O. The number of hydrogen-bond acceptors (Lipinski definition) is 7. The molecule has 0 heterocycles. The number of hydrogen-bond donors (Lipinski definition) is 3. The van der Waals surface area contributed by atoms with Crippen molar-refractivity contribution in [1.29, 1.82) is 0 Å². The van der Waals surface area contributed by atoms with Gasteiger partial charge in [0.15, 0.2) is 11.6 Å². The number of unbranched alkanes of at least 4 members (excludes halogenated alkanes) is 8. The minimum atomic E-state index is -1.34. The van der Waals surface area contributed by atoms with Gasteiger partial charge in [-0.25, -0.2) is 4.79 Å². The molecule has 0 bridgehead atoms. The largest absolute Gasteiger partial charge is 0.493 e. The number of carboxylic acid groups (broad SMARTS) is 2. The summed E-state index contributed by atoms with van der Waals surface area (Å²) in [6.45, 7) is 2.66. The maximum Gasteiger partial charge on any atom is 0.326 e.